The normalized spacial score (nSPS) is 17.6. The molecular weight excluding hydrogens is 402 g/mol. The highest BCUT2D eigenvalue weighted by Gasteiger charge is 2.47. The maximum atomic E-state index is 13.2. The van der Waals surface area contributed by atoms with Crippen molar-refractivity contribution in [1.29, 1.82) is 0 Å². The fraction of sp³-hybridized carbons (Fsp3) is 0.185. The number of nitrogens with zero attached hydrogens (tertiary/aromatic N) is 1. The van der Waals surface area contributed by atoms with E-state index in [0.29, 0.717) is 17.0 Å². The van der Waals surface area contributed by atoms with Crippen molar-refractivity contribution in [2.75, 3.05) is 12.0 Å². The number of aliphatic hydroxyl groups is 1. The molecule has 0 saturated carbocycles. The Balaban J connectivity index is 1.95. The van der Waals surface area contributed by atoms with E-state index in [4.69, 9.17) is 4.74 Å². The lowest BCUT2D eigenvalue weighted by molar-refractivity contribution is -0.132. The predicted octanol–water partition coefficient (Wildman–Crippen LogP) is 5.25. The first-order chi connectivity index (χ1) is 15.3. The van der Waals surface area contributed by atoms with Crippen LogP contribution in [0.4, 0.5) is 5.69 Å². The molecule has 162 valence electrons. The summed E-state index contributed by atoms with van der Waals surface area (Å²) in [7, 11) is 1.57. The highest BCUT2D eigenvalue weighted by Crippen LogP contribution is 2.42. The van der Waals surface area contributed by atoms with Crippen molar-refractivity contribution in [3.63, 3.8) is 0 Å². The maximum absolute atomic E-state index is 13.2. The number of ether oxygens (including phenoxy) is 1. The number of amides is 1. The number of rotatable bonds is 4. The van der Waals surface area contributed by atoms with Crippen molar-refractivity contribution in [2.24, 2.45) is 0 Å². The molecule has 1 N–H and O–H groups in total. The molecule has 5 heteroatoms. The van der Waals surface area contributed by atoms with Crippen LogP contribution in [0, 0.1) is 20.8 Å². The van der Waals surface area contributed by atoms with E-state index in [9.17, 15) is 14.7 Å². The summed E-state index contributed by atoms with van der Waals surface area (Å²) in [5.74, 6) is -0.905. The molecule has 5 nitrogen and oxygen atoms in total. The SMILES string of the molecule is COc1ccc(/C(O)=C2/C(=O)C(=O)N(c3ccc(C)c(C)c3)C2c2ccccc2)c(C)c1. The maximum Gasteiger partial charge on any atom is 0.300 e. The van der Waals surface area contributed by atoms with E-state index in [1.807, 2.05) is 69.3 Å². The number of Topliss-reactive ketones (excluding diaryl/α,β-unsaturated/α-hetero) is 1. The molecule has 32 heavy (non-hydrogen) atoms. The number of hydrogen-bond acceptors (Lipinski definition) is 4. The van der Waals surface area contributed by atoms with Crippen LogP contribution in [0.5, 0.6) is 5.75 Å². The average Bonchev–Trinajstić information content (AvgIpc) is 3.06. The molecule has 0 aromatic heterocycles. The monoisotopic (exact) mass is 427 g/mol. The Kier molecular flexibility index (Phi) is 5.57. The van der Waals surface area contributed by atoms with Gasteiger partial charge in [-0.15, -0.1) is 0 Å². The zero-order chi connectivity index (χ0) is 23.0. The van der Waals surface area contributed by atoms with Gasteiger partial charge in [-0.3, -0.25) is 14.5 Å². The first-order valence-corrected chi connectivity index (χ1v) is 10.4. The number of carbonyl (C=O) groups is 2. The van der Waals surface area contributed by atoms with Gasteiger partial charge in [-0.25, -0.2) is 0 Å². The topological polar surface area (TPSA) is 66.8 Å². The first-order valence-electron chi connectivity index (χ1n) is 10.4. The van der Waals surface area contributed by atoms with Gasteiger partial charge in [-0.1, -0.05) is 36.4 Å². The van der Waals surface area contributed by atoms with Gasteiger partial charge in [0, 0.05) is 11.3 Å². The first kappa shape index (κ1) is 21.4. The number of ketones is 1. The minimum absolute atomic E-state index is 0.0766. The molecular formula is C27H25NO4. The molecule has 0 bridgehead atoms. The molecule has 0 radical (unpaired) electrons. The van der Waals surface area contributed by atoms with Crippen molar-refractivity contribution in [2.45, 2.75) is 26.8 Å². The van der Waals surface area contributed by atoms with Gasteiger partial charge in [-0.05, 0) is 73.4 Å². The van der Waals surface area contributed by atoms with Crippen molar-refractivity contribution in [3.8, 4) is 5.75 Å². The summed E-state index contributed by atoms with van der Waals surface area (Å²) in [5, 5.41) is 11.3. The highest BCUT2D eigenvalue weighted by atomic mass is 16.5. The molecule has 1 aliphatic heterocycles. The quantitative estimate of drug-likeness (QED) is 0.351. The lowest BCUT2D eigenvalue weighted by atomic mass is 9.93. The number of aryl methyl sites for hydroxylation is 3. The smallest absolute Gasteiger partial charge is 0.300 e. The fourth-order valence-corrected chi connectivity index (χ4v) is 4.10. The second kappa shape index (κ2) is 8.35. The molecule has 1 fully saturated rings. The highest BCUT2D eigenvalue weighted by molar-refractivity contribution is 6.51. The average molecular weight is 428 g/mol. The third-order valence-corrected chi connectivity index (χ3v) is 6.02. The van der Waals surface area contributed by atoms with Gasteiger partial charge in [0.2, 0.25) is 0 Å². The Morgan fingerprint density at radius 3 is 2.22 bits per heavy atom. The van der Waals surface area contributed by atoms with E-state index in [0.717, 1.165) is 22.3 Å². The molecule has 3 aromatic rings. The van der Waals surface area contributed by atoms with Gasteiger partial charge in [0.05, 0.1) is 18.7 Å². The number of carbonyl (C=O) groups excluding carboxylic acids is 2. The van der Waals surface area contributed by atoms with Crippen LogP contribution < -0.4 is 9.64 Å². The van der Waals surface area contributed by atoms with Crippen molar-refractivity contribution < 1.29 is 19.4 Å². The lowest BCUT2D eigenvalue weighted by Crippen LogP contribution is -2.29. The van der Waals surface area contributed by atoms with E-state index in [2.05, 4.69) is 0 Å². The van der Waals surface area contributed by atoms with E-state index >= 15 is 0 Å². The van der Waals surface area contributed by atoms with Gasteiger partial charge >= 0.3 is 0 Å². The third kappa shape index (κ3) is 3.56. The zero-order valence-electron chi connectivity index (χ0n) is 18.5. The van der Waals surface area contributed by atoms with E-state index in [1.165, 1.54) is 4.90 Å². The molecule has 1 saturated heterocycles. The molecule has 1 amide bonds. The number of anilines is 1. The molecule has 1 heterocycles. The Bertz CT molecular complexity index is 1240. The molecule has 1 unspecified atom stereocenters. The third-order valence-electron chi connectivity index (χ3n) is 6.02. The standard InChI is InChI=1S/C27H25NO4/c1-16-10-11-20(14-17(16)2)28-24(19-8-6-5-7-9-19)23(26(30)27(28)31)25(29)22-13-12-21(32-4)15-18(22)3/h5-15,24,29H,1-4H3/b25-23-. The van der Waals surface area contributed by atoms with Crippen LogP contribution in [0.1, 0.15) is 33.9 Å². The summed E-state index contributed by atoms with van der Waals surface area (Å²) in [6, 6.07) is 19.4. The van der Waals surface area contributed by atoms with Gasteiger partial charge in [0.15, 0.2) is 0 Å². The predicted molar refractivity (Wildman–Crippen MR) is 125 cm³/mol. The Morgan fingerprint density at radius 2 is 1.59 bits per heavy atom. The van der Waals surface area contributed by atoms with Gasteiger partial charge in [-0.2, -0.15) is 0 Å². The summed E-state index contributed by atoms with van der Waals surface area (Å²) < 4.78 is 5.25. The Labute approximate surface area is 187 Å². The summed E-state index contributed by atoms with van der Waals surface area (Å²) in [4.78, 5) is 27.9. The Hall–Kier alpha value is -3.86. The van der Waals surface area contributed by atoms with Crippen LogP contribution >= 0.6 is 0 Å². The van der Waals surface area contributed by atoms with Gasteiger partial charge in [0.25, 0.3) is 11.7 Å². The van der Waals surface area contributed by atoms with Crippen molar-refractivity contribution in [3.05, 3.63) is 100 Å². The number of hydrogen-bond donors (Lipinski definition) is 1. The molecule has 1 aliphatic rings. The van der Waals surface area contributed by atoms with E-state index in [1.54, 1.807) is 25.3 Å². The minimum Gasteiger partial charge on any atom is -0.507 e. The fourth-order valence-electron chi connectivity index (χ4n) is 4.10. The number of benzene rings is 3. The van der Waals surface area contributed by atoms with Crippen LogP contribution in [0.2, 0.25) is 0 Å². The lowest BCUT2D eigenvalue weighted by Gasteiger charge is -2.26. The van der Waals surface area contributed by atoms with E-state index in [-0.39, 0.29) is 11.3 Å². The largest absolute Gasteiger partial charge is 0.507 e. The van der Waals surface area contributed by atoms with Gasteiger partial charge in [0.1, 0.15) is 11.5 Å². The summed E-state index contributed by atoms with van der Waals surface area (Å²) in [6.07, 6.45) is 0. The molecule has 0 aliphatic carbocycles. The summed E-state index contributed by atoms with van der Waals surface area (Å²) >= 11 is 0. The number of methoxy groups -OCH3 is 1. The zero-order valence-corrected chi connectivity index (χ0v) is 18.5. The van der Waals surface area contributed by atoms with Crippen LogP contribution in [0.15, 0.2) is 72.3 Å². The second-order valence-corrected chi connectivity index (χ2v) is 8.03. The second-order valence-electron chi connectivity index (χ2n) is 8.03. The van der Waals surface area contributed by atoms with Crippen molar-refractivity contribution >= 4 is 23.1 Å². The van der Waals surface area contributed by atoms with Crippen LogP contribution in [-0.4, -0.2) is 23.9 Å². The Morgan fingerprint density at radius 1 is 0.875 bits per heavy atom. The minimum atomic E-state index is -0.736. The molecule has 4 rings (SSSR count). The van der Waals surface area contributed by atoms with E-state index < -0.39 is 17.7 Å². The summed E-state index contributed by atoms with van der Waals surface area (Å²) in [6.45, 7) is 5.79. The van der Waals surface area contributed by atoms with Crippen molar-refractivity contribution in [1.82, 2.24) is 0 Å². The molecule has 0 spiro atoms. The van der Waals surface area contributed by atoms with Gasteiger partial charge < -0.3 is 9.84 Å². The van der Waals surface area contributed by atoms with Crippen LogP contribution in [-0.2, 0) is 9.59 Å². The van der Waals surface area contributed by atoms with Crippen LogP contribution in [0.25, 0.3) is 5.76 Å². The summed E-state index contributed by atoms with van der Waals surface area (Å²) in [5.41, 5.74) is 4.79. The molecule has 3 aromatic carbocycles. The number of aliphatic hydroxyl groups excluding tert-OH is 1. The molecule has 1 atom stereocenters. The van der Waals surface area contributed by atoms with Crippen LogP contribution in [0.3, 0.4) is 0 Å².